The van der Waals surface area contributed by atoms with Crippen molar-refractivity contribution in [3.63, 3.8) is 0 Å². The Bertz CT molecular complexity index is 778. The first-order chi connectivity index (χ1) is 13.0. The molecule has 6 nitrogen and oxygen atoms in total. The number of fused-ring (bicyclic) bond motifs is 1. The van der Waals surface area contributed by atoms with Gasteiger partial charge in [-0.25, -0.2) is 9.28 Å². The van der Waals surface area contributed by atoms with Gasteiger partial charge in [-0.05, 0) is 36.8 Å². The van der Waals surface area contributed by atoms with E-state index in [1.54, 1.807) is 12.5 Å². The molecule has 28 heavy (non-hydrogen) atoms. The highest BCUT2D eigenvalue weighted by Crippen LogP contribution is 2.31. The third-order valence-electron chi connectivity index (χ3n) is 5.33. The average molecular weight is 407 g/mol. The minimum atomic E-state index is -0.889. The number of amides is 1. The van der Waals surface area contributed by atoms with Gasteiger partial charge in [0.2, 0.25) is 0 Å². The maximum Gasteiger partial charge on any atom is 0.360 e. The number of aliphatic imine (C=N–C) groups is 1. The number of unbranched alkanes of at least 4 members (excludes halogenated alkanes) is 3. The van der Waals surface area contributed by atoms with Crippen LogP contribution in [0.4, 0.5) is 0 Å². The molecule has 0 aromatic heterocycles. The van der Waals surface area contributed by atoms with E-state index in [1.165, 1.54) is 11.1 Å². The number of rotatable bonds is 9. The lowest BCUT2D eigenvalue weighted by Crippen LogP contribution is -2.45. The van der Waals surface area contributed by atoms with Crippen LogP contribution in [0.15, 0.2) is 41.2 Å². The summed E-state index contributed by atoms with van der Waals surface area (Å²) >= 11 is 0. The van der Waals surface area contributed by atoms with Crippen LogP contribution in [-0.2, 0) is 16.0 Å². The normalized spacial score (nSPS) is 22.3. The number of aryl methyl sites for hydroxylation is 1. The van der Waals surface area contributed by atoms with Gasteiger partial charge < -0.3 is 10.4 Å². The molecule has 0 radical (unpaired) electrons. The molecule has 3 rings (SSSR count). The molecular weight excluding hydrogens is 378 g/mol. The van der Waals surface area contributed by atoms with Crippen molar-refractivity contribution < 1.29 is 19.2 Å². The molecule has 0 spiro atoms. The number of carboxylic acids is 1. The van der Waals surface area contributed by atoms with Gasteiger partial charge in [0.05, 0.1) is 12.6 Å². The van der Waals surface area contributed by atoms with Crippen molar-refractivity contribution in [2.75, 3.05) is 13.1 Å². The van der Waals surface area contributed by atoms with Crippen LogP contribution in [0.3, 0.4) is 0 Å². The number of aliphatic carboxylic acids is 1. The maximum atomic E-state index is 12.7. The lowest BCUT2D eigenvalue weighted by atomic mass is 10.1. The van der Waals surface area contributed by atoms with Gasteiger partial charge in [-0.2, -0.15) is 4.99 Å². The van der Waals surface area contributed by atoms with Gasteiger partial charge >= 0.3 is 5.97 Å². The summed E-state index contributed by atoms with van der Waals surface area (Å²) in [5, 5.41) is 12.4. The Morgan fingerprint density at radius 2 is 2.04 bits per heavy atom. The minimum Gasteiger partial charge on any atom is -0.477 e. The van der Waals surface area contributed by atoms with Gasteiger partial charge in [0.15, 0.2) is 18.6 Å². The van der Waals surface area contributed by atoms with Crippen LogP contribution in [0, 0.1) is 0 Å². The fourth-order valence-corrected chi connectivity index (χ4v) is 3.92. The van der Waals surface area contributed by atoms with Crippen molar-refractivity contribution >= 4 is 30.6 Å². The van der Waals surface area contributed by atoms with Crippen molar-refractivity contribution in [1.82, 2.24) is 5.32 Å². The molecular formula is C21H29ClN3O3+. The van der Waals surface area contributed by atoms with E-state index in [0.29, 0.717) is 12.2 Å². The van der Waals surface area contributed by atoms with Crippen LogP contribution in [0.1, 0.15) is 56.2 Å². The number of nitrogens with zero attached hydrogens (tertiary/aromatic N) is 2. The first kappa shape index (κ1) is 22.1. The van der Waals surface area contributed by atoms with E-state index in [9.17, 15) is 14.7 Å². The zero-order valence-corrected chi connectivity index (χ0v) is 17.1. The first-order valence-corrected chi connectivity index (χ1v) is 9.78. The third kappa shape index (κ3) is 5.20. The van der Waals surface area contributed by atoms with Gasteiger partial charge in [-0.15, -0.1) is 12.4 Å². The number of carbonyl (C=O) groups excluding carboxylic acids is 1. The lowest BCUT2D eigenvalue weighted by molar-refractivity contribution is -0.771. The molecule has 1 aromatic carbocycles. The van der Waals surface area contributed by atoms with E-state index in [0.717, 1.165) is 38.5 Å². The molecule has 2 unspecified atom stereocenters. The summed E-state index contributed by atoms with van der Waals surface area (Å²) in [4.78, 5) is 28.3. The number of carboxylic acid groups (broad SMARTS) is 1. The number of hydrogen-bond acceptors (Lipinski definition) is 3. The summed E-state index contributed by atoms with van der Waals surface area (Å²) in [5.74, 6) is -1.12. The Morgan fingerprint density at radius 1 is 1.25 bits per heavy atom. The third-order valence-corrected chi connectivity index (χ3v) is 5.33. The molecule has 1 aliphatic carbocycles. The molecule has 0 fully saturated rings. The van der Waals surface area contributed by atoms with Crippen LogP contribution >= 0.6 is 12.4 Å². The molecule has 1 amide bonds. The van der Waals surface area contributed by atoms with Gasteiger partial charge in [-0.3, -0.25) is 4.79 Å². The number of nitrogens with one attached hydrogen (secondary N) is 1. The Balaban J connectivity index is 0.00000280. The summed E-state index contributed by atoms with van der Waals surface area (Å²) in [6.45, 7) is 2.71. The second-order valence-electron chi connectivity index (χ2n) is 7.46. The molecule has 0 saturated carbocycles. The summed E-state index contributed by atoms with van der Waals surface area (Å²) in [6, 6.07) is 8.15. The molecule has 2 N–H and O–H groups in total. The number of halogens is 1. The van der Waals surface area contributed by atoms with E-state index in [1.807, 2.05) is 12.1 Å². The highest BCUT2D eigenvalue weighted by Gasteiger charge is 2.35. The highest BCUT2D eigenvalue weighted by atomic mass is 35.5. The summed E-state index contributed by atoms with van der Waals surface area (Å²) in [5.41, 5.74) is 2.76. The lowest BCUT2D eigenvalue weighted by Gasteiger charge is -2.25. The first-order valence-electron chi connectivity index (χ1n) is 9.78. The predicted molar refractivity (Wildman–Crippen MR) is 111 cm³/mol. The smallest absolute Gasteiger partial charge is 0.360 e. The SMILES string of the molecule is CCCCCC[N+]1(CC(=O)O)C=NC(C(=O)NC2CCc3ccccc32)=C1.Cl. The van der Waals surface area contributed by atoms with Gasteiger partial charge in [0.1, 0.15) is 6.20 Å². The topological polar surface area (TPSA) is 78.8 Å². The van der Waals surface area contributed by atoms with Gasteiger partial charge in [0, 0.05) is 0 Å². The van der Waals surface area contributed by atoms with Crippen molar-refractivity contribution in [3.05, 3.63) is 47.3 Å². The van der Waals surface area contributed by atoms with E-state index in [2.05, 4.69) is 29.4 Å². The maximum absolute atomic E-state index is 12.7. The summed E-state index contributed by atoms with van der Waals surface area (Å²) in [6.07, 6.45) is 9.37. The number of quaternary nitrogens is 1. The Hall–Kier alpha value is -2.18. The molecule has 1 aliphatic heterocycles. The largest absolute Gasteiger partial charge is 0.477 e. The Kier molecular flexibility index (Phi) is 7.78. The highest BCUT2D eigenvalue weighted by molar-refractivity contribution is 5.95. The predicted octanol–water partition coefficient (Wildman–Crippen LogP) is 3.58. The fourth-order valence-electron chi connectivity index (χ4n) is 3.92. The molecule has 152 valence electrons. The van der Waals surface area contributed by atoms with Crippen LogP contribution in [0.2, 0.25) is 0 Å². The van der Waals surface area contributed by atoms with E-state index in [-0.39, 0.29) is 35.4 Å². The monoisotopic (exact) mass is 406 g/mol. The number of benzene rings is 1. The second-order valence-corrected chi connectivity index (χ2v) is 7.46. The number of hydrogen-bond donors (Lipinski definition) is 2. The van der Waals surface area contributed by atoms with Crippen molar-refractivity contribution in [1.29, 1.82) is 0 Å². The standard InChI is InChI=1S/C21H27N3O3.ClH/c1-2-3-4-7-12-24(14-20(25)26)13-19(22-15-24)21(27)23-18-11-10-16-8-5-6-9-17(16)18;/h5-6,8-9,13,15,18H,2-4,7,10-12,14H2,1H3,(H-,23,25,26,27);1H/p+1. The molecule has 1 aromatic rings. The Morgan fingerprint density at radius 3 is 2.79 bits per heavy atom. The van der Waals surface area contributed by atoms with Crippen LogP contribution in [0.25, 0.3) is 0 Å². The van der Waals surface area contributed by atoms with E-state index >= 15 is 0 Å². The molecule has 2 aliphatic rings. The van der Waals surface area contributed by atoms with Crippen molar-refractivity contribution in [3.8, 4) is 0 Å². The van der Waals surface area contributed by atoms with E-state index < -0.39 is 5.97 Å². The second kappa shape index (κ2) is 9.85. The summed E-state index contributed by atoms with van der Waals surface area (Å²) in [7, 11) is 0. The van der Waals surface area contributed by atoms with Crippen LogP contribution in [0.5, 0.6) is 0 Å². The molecule has 2 atom stereocenters. The van der Waals surface area contributed by atoms with Crippen LogP contribution < -0.4 is 5.32 Å². The molecule has 7 heteroatoms. The summed E-state index contributed by atoms with van der Waals surface area (Å²) < 4.78 is 0.114. The molecule has 0 saturated heterocycles. The van der Waals surface area contributed by atoms with Crippen molar-refractivity contribution in [2.24, 2.45) is 4.99 Å². The Labute approximate surface area is 172 Å². The number of carbonyl (C=O) groups is 2. The van der Waals surface area contributed by atoms with Crippen LogP contribution in [-0.4, -0.2) is 40.9 Å². The average Bonchev–Trinajstić information content (AvgIpc) is 3.24. The fraction of sp³-hybridized carbons (Fsp3) is 0.476. The molecule has 1 heterocycles. The zero-order chi connectivity index (χ0) is 19.3. The van der Waals surface area contributed by atoms with E-state index in [4.69, 9.17) is 0 Å². The zero-order valence-electron chi connectivity index (χ0n) is 16.3. The van der Waals surface area contributed by atoms with Gasteiger partial charge in [0.25, 0.3) is 5.91 Å². The van der Waals surface area contributed by atoms with Gasteiger partial charge in [-0.1, -0.05) is 44.0 Å². The van der Waals surface area contributed by atoms with Crippen molar-refractivity contribution in [2.45, 2.75) is 51.5 Å². The minimum absolute atomic E-state index is 0. The quantitative estimate of drug-likeness (QED) is 0.486. The molecule has 0 bridgehead atoms.